The molecule has 0 aliphatic heterocycles. The Morgan fingerprint density at radius 2 is 1.57 bits per heavy atom. The summed E-state index contributed by atoms with van der Waals surface area (Å²) in [5, 5.41) is 20.8. The van der Waals surface area contributed by atoms with Gasteiger partial charge in [0.15, 0.2) is 0 Å². The SMILES string of the molecule is CC(C)(C)OC(=O)N[C@@](C)(Cc1ccc(B(O)O)cc1F)C(=O)OC(C)(C)C. The van der Waals surface area contributed by atoms with Crippen molar-refractivity contribution in [2.24, 2.45) is 0 Å². The van der Waals surface area contributed by atoms with Gasteiger partial charge in [0.2, 0.25) is 0 Å². The van der Waals surface area contributed by atoms with Gasteiger partial charge < -0.3 is 24.8 Å². The second-order valence-electron chi connectivity index (χ2n) is 8.86. The second kappa shape index (κ2) is 8.49. The van der Waals surface area contributed by atoms with E-state index in [4.69, 9.17) is 19.5 Å². The molecule has 1 atom stereocenters. The number of amides is 1. The first-order chi connectivity index (χ1) is 12.5. The number of halogens is 1. The van der Waals surface area contributed by atoms with Gasteiger partial charge in [-0.15, -0.1) is 0 Å². The zero-order chi connectivity index (χ0) is 21.9. The van der Waals surface area contributed by atoms with Crippen molar-refractivity contribution >= 4 is 24.6 Å². The predicted octanol–water partition coefficient (Wildman–Crippen LogP) is 1.67. The third-order valence-electron chi connectivity index (χ3n) is 3.55. The number of carbonyl (C=O) groups excluding carboxylic acids is 2. The number of hydrogen-bond donors (Lipinski definition) is 3. The highest BCUT2D eigenvalue weighted by atomic mass is 19.1. The Hall–Kier alpha value is -2.13. The van der Waals surface area contributed by atoms with Gasteiger partial charge in [0, 0.05) is 6.42 Å². The fraction of sp³-hybridized carbons (Fsp3) is 0.579. The predicted molar refractivity (Wildman–Crippen MR) is 104 cm³/mol. The quantitative estimate of drug-likeness (QED) is 0.516. The van der Waals surface area contributed by atoms with Gasteiger partial charge in [-0.25, -0.2) is 14.0 Å². The number of rotatable bonds is 5. The summed E-state index contributed by atoms with van der Waals surface area (Å²) in [7, 11) is -1.82. The highest BCUT2D eigenvalue weighted by Gasteiger charge is 2.40. The lowest BCUT2D eigenvalue weighted by atomic mass is 9.79. The Labute approximate surface area is 165 Å². The molecule has 156 valence electrons. The van der Waals surface area contributed by atoms with Crippen LogP contribution in [-0.2, 0) is 20.7 Å². The number of esters is 1. The van der Waals surface area contributed by atoms with Crippen LogP contribution in [0.4, 0.5) is 9.18 Å². The Bertz CT molecular complexity index is 726. The van der Waals surface area contributed by atoms with Gasteiger partial charge in [0.25, 0.3) is 0 Å². The van der Waals surface area contributed by atoms with Crippen molar-refractivity contribution in [3.05, 3.63) is 29.6 Å². The summed E-state index contributed by atoms with van der Waals surface area (Å²) < 4.78 is 25.0. The van der Waals surface area contributed by atoms with Crippen molar-refractivity contribution in [2.45, 2.75) is 71.6 Å². The van der Waals surface area contributed by atoms with Crippen LogP contribution < -0.4 is 10.8 Å². The summed E-state index contributed by atoms with van der Waals surface area (Å²) in [6, 6.07) is 3.61. The van der Waals surface area contributed by atoms with Gasteiger partial charge in [-0.2, -0.15) is 0 Å². The number of ether oxygens (including phenoxy) is 2. The maximum Gasteiger partial charge on any atom is 0.488 e. The van der Waals surface area contributed by atoms with E-state index in [1.165, 1.54) is 19.1 Å². The van der Waals surface area contributed by atoms with Crippen LogP contribution in [0.1, 0.15) is 54.0 Å². The van der Waals surface area contributed by atoms with E-state index >= 15 is 0 Å². The van der Waals surface area contributed by atoms with Crippen LogP contribution in [-0.4, -0.2) is 46.0 Å². The molecule has 0 saturated carbocycles. The van der Waals surface area contributed by atoms with Gasteiger partial charge in [-0.05, 0) is 65.6 Å². The average Bonchev–Trinajstić information content (AvgIpc) is 2.45. The summed E-state index contributed by atoms with van der Waals surface area (Å²) in [4.78, 5) is 25.0. The average molecular weight is 397 g/mol. The first kappa shape index (κ1) is 23.9. The topological polar surface area (TPSA) is 105 Å². The Kier molecular flexibility index (Phi) is 7.25. The third kappa shape index (κ3) is 7.48. The first-order valence-corrected chi connectivity index (χ1v) is 8.91. The zero-order valence-electron chi connectivity index (χ0n) is 17.4. The molecule has 1 amide bonds. The number of benzene rings is 1. The lowest BCUT2D eigenvalue weighted by molar-refractivity contribution is -0.162. The summed E-state index contributed by atoms with van der Waals surface area (Å²) >= 11 is 0. The highest BCUT2D eigenvalue weighted by Crippen LogP contribution is 2.22. The molecular formula is C19H29BFNO6. The number of carbonyl (C=O) groups is 2. The molecule has 0 unspecified atom stereocenters. The van der Waals surface area contributed by atoms with E-state index in [9.17, 15) is 14.0 Å². The van der Waals surface area contributed by atoms with E-state index in [0.29, 0.717) is 0 Å². The van der Waals surface area contributed by atoms with Crippen molar-refractivity contribution in [3.8, 4) is 0 Å². The van der Waals surface area contributed by atoms with Crippen molar-refractivity contribution in [1.82, 2.24) is 5.32 Å². The molecule has 0 saturated heterocycles. The maximum atomic E-state index is 14.4. The third-order valence-corrected chi connectivity index (χ3v) is 3.55. The lowest BCUT2D eigenvalue weighted by Crippen LogP contribution is -2.56. The maximum absolute atomic E-state index is 14.4. The molecule has 3 N–H and O–H groups in total. The van der Waals surface area contributed by atoms with E-state index < -0.39 is 41.7 Å². The minimum Gasteiger partial charge on any atom is -0.458 e. The molecule has 1 aromatic carbocycles. The fourth-order valence-electron chi connectivity index (χ4n) is 2.34. The van der Waals surface area contributed by atoms with E-state index in [1.54, 1.807) is 41.5 Å². The standard InChI is InChI=1S/C19H29BFNO6/c1-17(2,3)27-15(23)19(7,22-16(24)28-18(4,5)6)11-12-8-9-13(20(25)26)10-14(12)21/h8-10,25-26H,11H2,1-7H3,(H,22,24)/t19-/m0/s1. The van der Waals surface area contributed by atoms with Crippen LogP contribution in [0.25, 0.3) is 0 Å². The van der Waals surface area contributed by atoms with Crippen LogP contribution in [0.2, 0.25) is 0 Å². The minimum atomic E-state index is -1.82. The van der Waals surface area contributed by atoms with Crippen LogP contribution in [0.5, 0.6) is 0 Å². The van der Waals surface area contributed by atoms with Crippen molar-refractivity contribution < 1.29 is 33.5 Å². The summed E-state index contributed by atoms with van der Waals surface area (Å²) in [6.45, 7) is 11.5. The van der Waals surface area contributed by atoms with E-state index in [-0.39, 0.29) is 17.4 Å². The van der Waals surface area contributed by atoms with Gasteiger partial charge in [0.1, 0.15) is 22.6 Å². The largest absolute Gasteiger partial charge is 0.488 e. The van der Waals surface area contributed by atoms with Crippen molar-refractivity contribution in [1.29, 1.82) is 0 Å². The fourth-order valence-corrected chi connectivity index (χ4v) is 2.34. The van der Waals surface area contributed by atoms with Gasteiger partial charge in [0.05, 0.1) is 0 Å². The molecule has 0 radical (unpaired) electrons. The van der Waals surface area contributed by atoms with Crippen LogP contribution >= 0.6 is 0 Å². The molecule has 0 aliphatic rings. The van der Waals surface area contributed by atoms with Crippen LogP contribution in [0.15, 0.2) is 18.2 Å². The molecule has 0 bridgehead atoms. The Balaban J connectivity index is 3.20. The van der Waals surface area contributed by atoms with E-state index in [1.807, 2.05) is 0 Å². The second-order valence-corrected chi connectivity index (χ2v) is 8.86. The molecule has 1 aromatic rings. The number of nitrogens with one attached hydrogen (secondary N) is 1. The van der Waals surface area contributed by atoms with Crippen molar-refractivity contribution in [3.63, 3.8) is 0 Å². The monoisotopic (exact) mass is 397 g/mol. The Morgan fingerprint density at radius 1 is 1.04 bits per heavy atom. The molecule has 0 fully saturated rings. The molecule has 0 aliphatic carbocycles. The minimum absolute atomic E-state index is 0.0275. The molecule has 0 spiro atoms. The number of hydrogen-bond acceptors (Lipinski definition) is 6. The van der Waals surface area contributed by atoms with Gasteiger partial charge >= 0.3 is 19.2 Å². The highest BCUT2D eigenvalue weighted by molar-refractivity contribution is 6.58. The first-order valence-electron chi connectivity index (χ1n) is 8.91. The molecule has 1 rings (SSSR count). The Morgan fingerprint density at radius 3 is 2.00 bits per heavy atom. The van der Waals surface area contributed by atoms with Crippen LogP contribution in [0, 0.1) is 5.82 Å². The molecule has 0 aromatic heterocycles. The molecule has 0 heterocycles. The summed E-state index contributed by atoms with van der Waals surface area (Å²) in [5.41, 5.74) is -3.16. The molecule has 7 nitrogen and oxygen atoms in total. The van der Waals surface area contributed by atoms with Gasteiger partial charge in [-0.1, -0.05) is 12.1 Å². The zero-order valence-corrected chi connectivity index (χ0v) is 17.4. The van der Waals surface area contributed by atoms with Crippen LogP contribution in [0.3, 0.4) is 0 Å². The molecule has 28 heavy (non-hydrogen) atoms. The normalized spacial score (nSPS) is 14.1. The summed E-state index contributed by atoms with van der Waals surface area (Å²) in [5.74, 6) is -1.50. The lowest BCUT2D eigenvalue weighted by Gasteiger charge is -2.33. The molecule has 9 heteroatoms. The smallest absolute Gasteiger partial charge is 0.458 e. The van der Waals surface area contributed by atoms with E-state index in [0.717, 1.165) is 6.07 Å². The van der Waals surface area contributed by atoms with E-state index in [2.05, 4.69) is 5.32 Å². The van der Waals surface area contributed by atoms with Gasteiger partial charge in [-0.3, -0.25) is 0 Å². The summed E-state index contributed by atoms with van der Waals surface area (Å²) in [6.07, 6.45) is -1.07. The van der Waals surface area contributed by atoms with Crippen molar-refractivity contribution in [2.75, 3.05) is 0 Å². The molecular weight excluding hydrogens is 368 g/mol. The number of alkyl carbamates (subject to hydrolysis) is 1.